The Morgan fingerprint density at radius 1 is 1.41 bits per heavy atom. The van der Waals surface area contributed by atoms with Crippen molar-refractivity contribution < 1.29 is 14.8 Å². The number of para-hydroxylation sites is 1. The second-order valence-electron chi connectivity index (χ2n) is 4.64. The minimum absolute atomic E-state index is 0.0394. The Labute approximate surface area is 98.4 Å². The van der Waals surface area contributed by atoms with E-state index in [-0.39, 0.29) is 16.9 Å². The molecule has 6 heteroatoms. The van der Waals surface area contributed by atoms with Gasteiger partial charge in [-0.25, -0.2) is 4.79 Å². The molecule has 0 aliphatic rings. The standard InChI is InChI=1S/C11H14N2O4/c1-11(2,3)12-9-7(10(14)15)5-4-6-8(9)13(16)17/h4-6,12H,1-3H3,(H,14,15). The van der Waals surface area contributed by atoms with Crippen LogP contribution in [-0.4, -0.2) is 21.5 Å². The smallest absolute Gasteiger partial charge is 0.338 e. The largest absolute Gasteiger partial charge is 0.478 e. The fourth-order valence-electron chi connectivity index (χ4n) is 1.38. The van der Waals surface area contributed by atoms with E-state index in [1.54, 1.807) is 20.8 Å². The first kappa shape index (κ1) is 13.0. The van der Waals surface area contributed by atoms with E-state index in [1.807, 2.05) is 0 Å². The van der Waals surface area contributed by atoms with E-state index in [9.17, 15) is 14.9 Å². The molecule has 92 valence electrons. The zero-order valence-corrected chi connectivity index (χ0v) is 9.85. The summed E-state index contributed by atoms with van der Waals surface area (Å²) in [5.74, 6) is -1.19. The van der Waals surface area contributed by atoms with Gasteiger partial charge in [0.05, 0.1) is 10.5 Å². The maximum absolute atomic E-state index is 11.0. The van der Waals surface area contributed by atoms with E-state index < -0.39 is 16.4 Å². The van der Waals surface area contributed by atoms with Gasteiger partial charge in [0.25, 0.3) is 5.69 Å². The van der Waals surface area contributed by atoms with Gasteiger partial charge in [-0.2, -0.15) is 0 Å². The normalized spacial score (nSPS) is 11.0. The summed E-state index contributed by atoms with van der Waals surface area (Å²) in [4.78, 5) is 21.3. The molecule has 0 radical (unpaired) electrons. The van der Waals surface area contributed by atoms with Gasteiger partial charge in [0.15, 0.2) is 0 Å². The molecule has 0 unspecified atom stereocenters. The van der Waals surface area contributed by atoms with Crippen molar-refractivity contribution in [2.24, 2.45) is 0 Å². The Morgan fingerprint density at radius 3 is 2.41 bits per heavy atom. The molecule has 0 spiro atoms. The number of hydrogen-bond donors (Lipinski definition) is 2. The van der Waals surface area contributed by atoms with Crippen molar-refractivity contribution in [1.82, 2.24) is 0 Å². The summed E-state index contributed by atoms with van der Waals surface area (Å²) in [7, 11) is 0. The number of aromatic carboxylic acids is 1. The van der Waals surface area contributed by atoms with Crippen LogP contribution in [0.15, 0.2) is 18.2 Å². The van der Waals surface area contributed by atoms with Gasteiger partial charge in [-0.15, -0.1) is 0 Å². The molecule has 1 aromatic rings. The maximum atomic E-state index is 11.0. The molecular formula is C11H14N2O4. The van der Waals surface area contributed by atoms with Crippen LogP contribution in [-0.2, 0) is 0 Å². The van der Waals surface area contributed by atoms with Crippen molar-refractivity contribution in [1.29, 1.82) is 0 Å². The summed E-state index contributed by atoms with van der Waals surface area (Å²) >= 11 is 0. The van der Waals surface area contributed by atoms with E-state index in [1.165, 1.54) is 18.2 Å². The maximum Gasteiger partial charge on any atom is 0.338 e. The highest BCUT2D eigenvalue weighted by Crippen LogP contribution is 2.30. The van der Waals surface area contributed by atoms with Crippen LogP contribution < -0.4 is 5.32 Å². The number of nitrogens with zero attached hydrogens (tertiary/aromatic N) is 1. The Morgan fingerprint density at radius 2 is 2.00 bits per heavy atom. The van der Waals surface area contributed by atoms with Gasteiger partial charge in [0.1, 0.15) is 5.69 Å². The molecule has 6 nitrogen and oxygen atoms in total. The molecule has 0 saturated heterocycles. The van der Waals surface area contributed by atoms with Crippen LogP contribution in [0.5, 0.6) is 0 Å². The minimum Gasteiger partial charge on any atom is -0.478 e. The fourth-order valence-corrected chi connectivity index (χ4v) is 1.38. The topological polar surface area (TPSA) is 92.5 Å². The number of nitro benzene ring substituents is 1. The highest BCUT2D eigenvalue weighted by molar-refractivity contribution is 5.97. The van der Waals surface area contributed by atoms with Crippen LogP contribution in [0.2, 0.25) is 0 Å². The first-order chi connectivity index (χ1) is 7.72. The molecule has 0 aliphatic heterocycles. The Bertz CT molecular complexity index is 431. The van der Waals surface area contributed by atoms with Crippen LogP contribution in [0, 0.1) is 10.1 Å². The van der Waals surface area contributed by atoms with Crippen molar-refractivity contribution >= 4 is 17.3 Å². The number of rotatable bonds is 3. The molecule has 0 heterocycles. The van der Waals surface area contributed by atoms with E-state index >= 15 is 0 Å². The molecule has 0 atom stereocenters. The Kier molecular flexibility index (Phi) is 3.36. The molecule has 0 bridgehead atoms. The molecule has 1 aromatic carbocycles. The molecule has 17 heavy (non-hydrogen) atoms. The van der Waals surface area contributed by atoms with Gasteiger partial charge in [-0.1, -0.05) is 6.07 Å². The van der Waals surface area contributed by atoms with Crippen molar-refractivity contribution in [3.05, 3.63) is 33.9 Å². The molecule has 1 rings (SSSR count). The Balaban J connectivity index is 3.39. The third kappa shape index (κ3) is 3.17. The number of anilines is 1. The number of hydrogen-bond acceptors (Lipinski definition) is 4. The number of nitro groups is 1. The average Bonchev–Trinajstić information content (AvgIpc) is 2.14. The summed E-state index contributed by atoms with van der Waals surface area (Å²) < 4.78 is 0. The van der Waals surface area contributed by atoms with E-state index in [0.717, 1.165) is 0 Å². The second kappa shape index (κ2) is 4.40. The van der Waals surface area contributed by atoms with Crippen LogP contribution in [0.3, 0.4) is 0 Å². The molecule has 0 saturated carbocycles. The summed E-state index contributed by atoms with van der Waals surface area (Å²) in [6, 6.07) is 3.97. The third-order valence-corrected chi connectivity index (χ3v) is 1.97. The number of benzene rings is 1. The predicted octanol–water partition coefficient (Wildman–Crippen LogP) is 2.50. The van der Waals surface area contributed by atoms with Gasteiger partial charge in [-0.3, -0.25) is 10.1 Å². The molecule has 0 amide bonds. The van der Waals surface area contributed by atoms with Crippen LogP contribution in [0.25, 0.3) is 0 Å². The van der Waals surface area contributed by atoms with Crippen LogP contribution in [0.4, 0.5) is 11.4 Å². The summed E-state index contributed by atoms with van der Waals surface area (Å²) in [5.41, 5.74) is -0.762. The van der Waals surface area contributed by atoms with Gasteiger partial charge < -0.3 is 10.4 Å². The lowest BCUT2D eigenvalue weighted by Crippen LogP contribution is -2.27. The van der Waals surface area contributed by atoms with Gasteiger partial charge >= 0.3 is 5.97 Å². The molecular weight excluding hydrogens is 224 g/mol. The summed E-state index contributed by atoms with van der Waals surface area (Å²) in [5, 5.41) is 22.7. The zero-order chi connectivity index (χ0) is 13.2. The number of nitrogens with one attached hydrogen (secondary N) is 1. The van der Waals surface area contributed by atoms with Crippen molar-refractivity contribution in [3.8, 4) is 0 Å². The molecule has 0 fully saturated rings. The van der Waals surface area contributed by atoms with E-state index in [4.69, 9.17) is 5.11 Å². The molecule has 2 N–H and O–H groups in total. The molecule has 0 aliphatic carbocycles. The first-order valence-electron chi connectivity index (χ1n) is 5.01. The predicted molar refractivity (Wildman–Crippen MR) is 63.4 cm³/mol. The van der Waals surface area contributed by atoms with E-state index in [0.29, 0.717) is 0 Å². The van der Waals surface area contributed by atoms with Gasteiger partial charge in [0, 0.05) is 11.6 Å². The first-order valence-corrected chi connectivity index (χ1v) is 5.01. The van der Waals surface area contributed by atoms with Crippen molar-refractivity contribution in [2.75, 3.05) is 5.32 Å². The van der Waals surface area contributed by atoms with Crippen molar-refractivity contribution in [2.45, 2.75) is 26.3 Å². The van der Waals surface area contributed by atoms with Gasteiger partial charge in [0.2, 0.25) is 0 Å². The number of carbonyl (C=O) groups is 1. The molecule has 0 aromatic heterocycles. The quantitative estimate of drug-likeness (QED) is 0.623. The third-order valence-electron chi connectivity index (χ3n) is 1.97. The van der Waals surface area contributed by atoms with Crippen LogP contribution in [0.1, 0.15) is 31.1 Å². The zero-order valence-electron chi connectivity index (χ0n) is 9.85. The lowest BCUT2D eigenvalue weighted by Gasteiger charge is -2.23. The van der Waals surface area contributed by atoms with E-state index in [2.05, 4.69) is 5.32 Å². The SMILES string of the molecule is CC(C)(C)Nc1c(C(=O)O)cccc1[N+](=O)[O-]. The Hall–Kier alpha value is -2.11. The number of carboxylic acid groups (broad SMARTS) is 1. The number of carboxylic acids is 1. The van der Waals surface area contributed by atoms with Gasteiger partial charge in [-0.05, 0) is 26.8 Å². The monoisotopic (exact) mass is 238 g/mol. The minimum atomic E-state index is -1.19. The lowest BCUT2D eigenvalue weighted by atomic mass is 10.1. The lowest BCUT2D eigenvalue weighted by molar-refractivity contribution is -0.384. The second-order valence-corrected chi connectivity index (χ2v) is 4.64. The van der Waals surface area contributed by atoms with Crippen LogP contribution >= 0.6 is 0 Å². The summed E-state index contributed by atoms with van der Waals surface area (Å²) in [6.07, 6.45) is 0. The average molecular weight is 238 g/mol. The fraction of sp³-hybridized carbons (Fsp3) is 0.364. The highest BCUT2D eigenvalue weighted by atomic mass is 16.6. The van der Waals surface area contributed by atoms with Crippen molar-refractivity contribution in [3.63, 3.8) is 0 Å². The highest BCUT2D eigenvalue weighted by Gasteiger charge is 2.24. The summed E-state index contributed by atoms with van der Waals surface area (Å²) in [6.45, 7) is 5.40.